The van der Waals surface area contributed by atoms with Gasteiger partial charge in [-0.05, 0) is 51.2 Å². The Morgan fingerprint density at radius 2 is 2.19 bits per heavy atom. The number of H-pyrrole nitrogens is 1. The molecule has 1 N–H and O–H groups in total. The number of carbonyl (C=O) groups is 1. The lowest BCUT2D eigenvalue weighted by Crippen LogP contribution is -2.43. The summed E-state index contributed by atoms with van der Waals surface area (Å²) in [6.45, 7) is 4.33. The van der Waals surface area contributed by atoms with Gasteiger partial charge in [-0.1, -0.05) is 0 Å². The Hall–Kier alpha value is -2.54. The van der Waals surface area contributed by atoms with Crippen LogP contribution in [0.25, 0.3) is 0 Å². The Kier molecular flexibility index (Phi) is 6.01. The molecule has 1 atom stereocenters. The third kappa shape index (κ3) is 4.60. The van der Waals surface area contributed by atoms with Gasteiger partial charge in [-0.2, -0.15) is 0 Å². The number of imidazole rings is 1. The smallest absolute Gasteiger partial charge is 0.229 e. The first-order valence-electron chi connectivity index (χ1n) is 9.20. The fourth-order valence-corrected chi connectivity index (χ4v) is 3.23. The van der Waals surface area contributed by atoms with Crippen LogP contribution in [0.2, 0.25) is 0 Å². The Morgan fingerprint density at radius 3 is 2.85 bits per heavy atom. The normalized spacial score (nSPS) is 16.0. The van der Waals surface area contributed by atoms with Crippen LogP contribution < -0.4 is 9.47 Å². The van der Waals surface area contributed by atoms with Gasteiger partial charge in [0.15, 0.2) is 0 Å². The van der Waals surface area contributed by atoms with Gasteiger partial charge < -0.3 is 24.3 Å². The second-order valence-electron chi connectivity index (χ2n) is 7.22. The number of ether oxygens (including phenoxy) is 2. The number of hydrogen-bond donors (Lipinski definition) is 1. The summed E-state index contributed by atoms with van der Waals surface area (Å²) in [6.07, 6.45) is 2.33. The number of likely N-dealkylation sites (N-methyl/N-ethyl adjacent to an activating group) is 1. The second kappa shape index (κ2) is 8.43. The highest BCUT2D eigenvalue weighted by atomic mass is 16.5. The quantitative estimate of drug-likeness (QED) is 0.803. The molecule has 0 saturated heterocycles. The van der Waals surface area contributed by atoms with E-state index in [0.29, 0.717) is 26.1 Å². The van der Waals surface area contributed by atoms with E-state index in [1.54, 1.807) is 13.4 Å². The van der Waals surface area contributed by atoms with Gasteiger partial charge in [0, 0.05) is 18.8 Å². The molecule has 7 nitrogen and oxygen atoms in total. The standard InChI is InChI=1S/C20H28N4O3/c1-14-18(22-13-21-14)11-24(8-7-23(2)3)20(25)16-9-15-10-17(26-4)5-6-19(15)27-12-16/h5-6,10,13,16H,7-9,11-12H2,1-4H3,(H,21,22). The van der Waals surface area contributed by atoms with Gasteiger partial charge in [0.2, 0.25) is 5.91 Å². The van der Waals surface area contributed by atoms with Crippen molar-refractivity contribution in [2.75, 3.05) is 40.9 Å². The molecule has 0 fully saturated rings. The number of aromatic amines is 1. The Balaban J connectivity index is 1.75. The Bertz CT molecular complexity index is 787. The molecule has 1 aromatic heterocycles. The predicted octanol–water partition coefficient (Wildman–Crippen LogP) is 1.87. The van der Waals surface area contributed by atoms with Gasteiger partial charge >= 0.3 is 0 Å². The van der Waals surface area contributed by atoms with E-state index in [1.807, 2.05) is 44.1 Å². The molecule has 0 spiro atoms. The largest absolute Gasteiger partial charge is 0.497 e. The first kappa shape index (κ1) is 19.2. The highest BCUT2D eigenvalue weighted by Gasteiger charge is 2.30. The van der Waals surface area contributed by atoms with Crippen LogP contribution >= 0.6 is 0 Å². The van der Waals surface area contributed by atoms with E-state index >= 15 is 0 Å². The summed E-state index contributed by atoms with van der Waals surface area (Å²) < 4.78 is 11.2. The molecular weight excluding hydrogens is 344 g/mol. The van der Waals surface area contributed by atoms with Crippen molar-refractivity contribution in [2.24, 2.45) is 5.92 Å². The molecule has 0 aliphatic carbocycles. The summed E-state index contributed by atoms with van der Waals surface area (Å²) in [4.78, 5) is 24.7. The van der Waals surface area contributed by atoms with E-state index in [2.05, 4.69) is 14.9 Å². The van der Waals surface area contributed by atoms with Gasteiger partial charge in [0.05, 0.1) is 31.6 Å². The number of fused-ring (bicyclic) bond motifs is 1. The minimum absolute atomic E-state index is 0.104. The zero-order valence-electron chi connectivity index (χ0n) is 16.5. The van der Waals surface area contributed by atoms with E-state index in [1.165, 1.54) is 0 Å². The number of carbonyl (C=O) groups excluding carboxylic acids is 1. The number of hydrogen-bond acceptors (Lipinski definition) is 5. The van der Waals surface area contributed by atoms with Gasteiger partial charge in [-0.25, -0.2) is 4.98 Å². The number of aromatic nitrogens is 2. The van der Waals surface area contributed by atoms with Crippen molar-refractivity contribution in [3.05, 3.63) is 41.5 Å². The van der Waals surface area contributed by atoms with Gasteiger partial charge in [0.1, 0.15) is 18.1 Å². The van der Waals surface area contributed by atoms with Crippen LogP contribution in [0.3, 0.4) is 0 Å². The molecule has 1 unspecified atom stereocenters. The van der Waals surface area contributed by atoms with E-state index in [-0.39, 0.29) is 11.8 Å². The molecule has 1 aliphatic heterocycles. The first-order valence-corrected chi connectivity index (χ1v) is 9.20. The predicted molar refractivity (Wildman–Crippen MR) is 103 cm³/mol. The number of rotatable bonds is 7. The maximum absolute atomic E-state index is 13.3. The number of benzene rings is 1. The second-order valence-corrected chi connectivity index (χ2v) is 7.22. The molecule has 1 aliphatic rings. The molecule has 1 amide bonds. The minimum Gasteiger partial charge on any atom is -0.497 e. The van der Waals surface area contributed by atoms with Crippen molar-refractivity contribution >= 4 is 5.91 Å². The molecule has 7 heteroatoms. The number of amides is 1. The van der Waals surface area contributed by atoms with Crippen molar-refractivity contribution in [1.29, 1.82) is 0 Å². The summed E-state index contributed by atoms with van der Waals surface area (Å²) in [7, 11) is 5.66. The van der Waals surface area contributed by atoms with Crippen molar-refractivity contribution < 1.29 is 14.3 Å². The first-order chi connectivity index (χ1) is 13.0. The van der Waals surface area contributed by atoms with E-state index in [4.69, 9.17) is 9.47 Å². The molecule has 27 heavy (non-hydrogen) atoms. The summed E-state index contributed by atoms with van der Waals surface area (Å²) in [6, 6.07) is 5.74. The third-order valence-corrected chi connectivity index (χ3v) is 4.93. The molecular formula is C20H28N4O3. The molecule has 3 rings (SSSR count). The average Bonchev–Trinajstić information content (AvgIpc) is 3.08. The lowest BCUT2D eigenvalue weighted by Gasteiger charge is -2.31. The average molecular weight is 372 g/mol. The topological polar surface area (TPSA) is 70.7 Å². The summed E-state index contributed by atoms with van der Waals surface area (Å²) in [5.41, 5.74) is 2.91. The zero-order chi connectivity index (χ0) is 19.4. The fourth-order valence-electron chi connectivity index (χ4n) is 3.23. The van der Waals surface area contributed by atoms with Crippen molar-refractivity contribution in [3.63, 3.8) is 0 Å². The lowest BCUT2D eigenvalue weighted by atomic mass is 9.95. The number of nitrogens with zero attached hydrogens (tertiary/aromatic N) is 3. The lowest BCUT2D eigenvalue weighted by molar-refractivity contribution is -0.137. The summed E-state index contributed by atoms with van der Waals surface area (Å²) in [5, 5.41) is 0. The molecule has 2 aromatic rings. The highest BCUT2D eigenvalue weighted by Crippen LogP contribution is 2.31. The molecule has 146 valence electrons. The third-order valence-electron chi connectivity index (χ3n) is 4.93. The van der Waals surface area contributed by atoms with E-state index in [0.717, 1.165) is 35.0 Å². The van der Waals surface area contributed by atoms with Crippen LogP contribution in [0.15, 0.2) is 24.5 Å². The zero-order valence-corrected chi connectivity index (χ0v) is 16.5. The van der Waals surface area contributed by atoms with Crippen molar-refractivity contribution in [3.8, 4) is 11.5 Å². The van der Waals surface area contributed by atoms with Gasteiger partial charge in [-0.15, -0.1) is 0 Å². The maximum atomic E-state index is 13.3. The molecule has 0 saturated carbocycles. The highest BCUT2D eigenvalue weighted by molar-refractivity contribution is 5.80. The van der Waals surface area contributed by atoms with Gasteiger partial charge in [-0.3, -0.25) is 4.79 Å². The van der Waals surface area contributed by atoms with Crippen LogP contribution in [-0.2, 0) is 17.8 Å². The maximum Gasteiger partial charge on any atom is 0.229 e. The van der Waals surface area contributed by atoms with E-state index < -0.39 is 0 Å². The fraction of sp³-hybridized carbons (Fsp3) is 0.500. The van der Waals surface area contributed by atoms with Crippen LogP contribution in [0.1, 0.15) is 17.0 Å². The minimum atomic E-state index is -0.203. The monoisotopic (exact) mass is 372 g/mol. The van der Waals surface area contributed by atoms with Crippen LogP contribution in [0.5, 0.6) is 11.5 Å². The van der Waals surface area contributed by atoms with Crippen molar-refractivity contribution in [2.45, 2.75) is 19.9 Å². The molecule has 0 radical (unpaired) electrons. The molecule has 1 aromatic carbocycles. The van der Waals surface area contributed by atoms with Crippen LogP contribution in [0.4, 0.5) is 0 Å². The van der Waals surface area contributed by atoms with Crippen molar-refractivity contribution in [1.82, 2.24) is 19.8 Å². The van der Waals surface area contributed by atoms with Crippen LogP contribution in [0, 0.1) is 12.8 Å². The Morgan fingerprint density at radius 1 is 1.37 bits per heavy atom. The van der Waals surface area contributed by atoms with E-state index in [9.17, 15) is 4.79 Å². The number of methoxy groups -OCH3 is 1. The van der Waals surface area contributed by atoms with Crippen LogP contribution in [-0.4, -0.2) is 66.6 Å². The van der Waals surface area contributed by atoms with Gasteiger partial charge in [0.25, 0.3) is 0 Å². The molecule has 0 bridgehead atoms. The number of aryl methyl sites for hydroxylation is 1. The summed E-state index contributed by atoms with van der Waals surface area (Å²) in [5.74, 6) is 1.52. The molecule has 2 heterocycles. The summed E-state index contributed by atoms with van der Waals surface area (Å²) >= 11 is 0. The Labute approximate surface area is 160 Å². The SMILES string of the molecule is COc1ccc2c(c1)CC(C(=O)N(CCN(C)C)Cc1nc[nH]c1C)CO2. The number of nitrogens with one attached hydrogen (secondary N) is 1.